The van der Waals surface area contributed by atoms with E-state index in [9.17, 15) is 13.2 Å². The zero-order valence-electron chi connectivity index (χ0n) is 13.8. The van der Waals surface area contributed by atoms with Crippen LogP contribution < -0.4 is 4.90 Å². The maximum Gasteiger partial charge on any atom is 0.416 e. The molecular weight excluding hydrogens is 331 g/mol. The first-order chi connectivity index (χ1) is 12.0. The highest BCUT2D eigenvalue weighted by Crippen LogP contribution is 2.32. The van der Waals surface area contributed by atoms with E-state index in [1.54, 1.807) is 6.07 Å². The van der Waals surface area contributed by atoms with E-state index < -0.39 is 11.7 Å². The van der Waals surface area contributed by atoms with Crippen LogP contribution in [0.1, 0.15) is 23.6 Å². The summed E-state index contributed by atoms with van der Waals surface area (Å²) in [6.07, 6.45) is -2.18. The van der Waals surface area contributed by atoms with Crippen molar-refractivity contribution >= 4 is 5.69 Å². The largest absolute Gasteiger partial charge is 0.416 e. The molecule has 0 aliphatic carbocycles. The molecule has 2 aliphatic heterocycles. The maximum atomic E-state index is 12.9. The molecule has 0 N–H and O–H groups in total. The fraction of sp³-hybridized carbons (Fsp3) is 0.529. The number of hydrogen-bond donors (Lipinski definition) is 0. The number of alkyl halides is 3. The minimum absolute atomic E-state index is 0.591. The molecule has 2 aliphatic rings. The minimum Gasteiger partial charge on any atom is -0.369 e. The van der Waals surface area contributed by atoms with Gasteiger partial charge < -0.3 is 9.47 Å². The smallest absolute Gasteiger partial charge is 0.369 e. The van der Waals surface area contributed by atoms with Crippen LogP contribution in [0, 0.1) is 0 Å². The van der Waals surface area contributed by atoms with Gasteiger partial charge in [0.25, 0.3) is 0 Å². The van der Waals surface area contributed by atoms with Gasteiger partial charge in [-0.1, -0.05) is 6.07 Å². The minimum atomic E-state index is -4.30. The number of aromatic nitrogens is 3. The Morgan fingerprint density at radius 3 is 2.56 bits per heavy atom. The number of fused-ring (bicyclic) bond motifs is 1. The number of benzene rings is 1. The van der Waals surface area contributed by atoms with Gasteiger partial charge in [-0.2, -0.15) is 13.2 Å². The van der Waals surface area contributed by atoms with E-state index in [4.69, 9.17) is 0 Å². The van der Waals surface area contributed by atoms with Crippen LogP contribution in [-0.4, -0.2) is 45.8 Å². The molecule has 1 aromatic heterocycles. The van der Waals surface area contributed by atoms with E-state index in [1.807, 2.05) is 4.90 Å². The van der Waals surface area contributed by atoms with Gasteiger partial charge in [0.1, 0.15) is 11.6 Å². The Labute approximate surface area is 144 Å². The van der Waals surface area contributed by atoms with Crippen LogP contribution in [0.15, 0.2) is 24.3 Å². The van der Waals surface area contributed by atoms with Gasteiger partial charge in [0.05, 0.1) is 12.1 Å². The van der Waals surface area contributed by atoms with E-state index in [0.29, 0.717) is 18.8 Å². The number of piperazine rings is 1. The topological polar surface area (TPSA) is 37.2 Å². The van der Waals surface area contributed by atoms with E-state index in [0.717, 1.165) is 56.7 Å². The normalized spacial score (nSPS) is 18.6. The molecule has 1 fully saturated rings. The molecule has 1 aromatic carbocycles. The Hall–Kier alpha value is -2.09. The van der Waals surface area contributed by atoms with Gasteiger partial charge >= 0.3 is 6.18 Å². The Kier molecular flexibility index (Phi) is 4.15. The Morgan fingerprint density at radius 2 is 1.80 bits per heavy atom. The molecule has 0 spiro atoms. The lowest BCUT2D eigenvalue weighted by molar-refractivity contribution is -0.137. The van der Waals surface area contributed by atoms with E-state index in [-0.39, 0.29) is 0 Å². The number of rotatable bonds is 3. The highest BCUT2D eigenvalue weighted by molar-refractivity contribution is 5.49. The second-order valence-corrected chi connectivity index (χ2v) is 6.60. The first-order valence-corrected chi connectivity index (χ1v) is 8.56. The molecular formula is C17H20F3N5. The van der Waals surface area contributed by atoms with Crippen LogP contribution in [0.3, 0.4) is 0 Å². The molecule has 0 atom stereocenters. The standard InChI is InChI=1S/C17H20F3N5/c18-17(19,20)13-3-1-4-14(11-13)24-9-7-23(8-10-24)12-16-22-21-15-5-2-6-25(15)16/h1,3-4,11H,2,5-10,12H2. The third kappa shape index (κ3) is 3.35. The van der Waals surface area contributed by atoms with Crippen molar-refractivity contribution in [3.8, 4) is 0 Å². The van der Waals surface area contributed by atoms with Crippen LogP contribution >= 0.6 is 0 Å². The molecule has 0 saturated carbocycles. The molecule has 1 saturated heterocycles. The van der Waals surface area contributed by atoms with Gasteiger partial charge in [0, 0.05) is 44.8 Å². The summed E-state index contributed by atoms with van der Waals surface area (Å²) in [4.78, 5) is 4.31. The predicted molar refractivity (Wildman–Crippen MR) is 87.3 cm³/mol. The highest BCUT2D eigenvalue weighted by atomic mass is 19.4. The van der Waals surface area contributed by atoms with Gasteiger partial charge in [-0.15, -0.1) is 10.2 Å². The zero-order valence-corrected chi connectivity index (χ0v) is 13.8. The summed E-state index contributed by atoms with van der Waals surface area (Å²) in [6, 6.07) is 5.58. The average molecular weight is 351 g/mol. The third-order valence-electron chi connectivity index (χ3n) is 4.96. The van der Waals surface area contributed by atoms with Crippen molar-refractivity contribution < 1.29 is 13.2 Å². The average Bonchev–Trinajstić information content (AvgIpc) is 3.20. The van der Waals surface area contributed by atoms with Crippen molar-refractivity contribution in [2.45, 2.75) is 32.1 Å². The summed E-state index contributed by atoms with van der Waals surface area (Å²) < 4.78 is 40.8. The molecule has 3 heterocycles. The van der Waals surface area contributed by atoms with Crippen molar-refractivity contribution in [3.05, 3.63) is 41.5 Å². The lowest BCUT2D eigenvalue weighted by Crippen LogP contribution is -2.46. The molecule has 4 rings (SSSR count). The monoisotopic (exact) mass is 351 g/mol. The van der Waals surface area contributed by atoms with Crippen molar-refractivity contribution in [2.24, 2.45) is 0 Å². The Balaban J connectivity index is 1.38. The third-order valence-corrected chi connectivity index (χ3v) is 4.96. The molecule has 0 unspecified atom stereocenters. The molecule has 25 heavy (non-hydrogen) atoms. The molecule has 0 bridgehead atoms. The van der Waals surface area contributed by atoms with E-state index in [1.165, 1.54) is 12.1 Å². The van der Waals surface area contributed by atoms with E-state index >= 15 is 0 Å². The van der Waals surface area contributed by atoms with Crippen LogP contribution in [0.2, 0.25) is 0 Å². The van der Waals surface area contributed by atoms with E-state index in [2.05, 4.69) is 19.7 Å². The number of anilines is 1. The predicted octanol–water partition coefficient (Wildman–Crippen LogP) is 2.57. The zero-order chi connectivity index (χ0) is 17.4. The van der Waals surface area contributed by atoms with Gasteiger partial charge in [0.15, 0.2) is 0 Å². The summed E-state index contributed by atoms with van der Waals surface area (Å²) in [5.74, 6) is 2.07. The first-order valence-electron chi connectivity index (χ1n) is 8.56. The lowest BCUT2D eigenvalue weighted by atomic mass is 10.1. The summed E-state index contributed by atoms with van der Waals surface area (Å²) in [6.45, 7) is 4.77. The fourth-order valence-electron chi connectivity index (χ4n) is 3.57. The molecule has 134 valence electrons. The Bertz CT molecular complexity index is 747. The van der Waals surface area contributed by atoms with Crippen LogP contribution in [0.4, 0.5) is 18.9 Å². The number of hydrogen-bond acceptors (Lipinski definition) is 4. The second kappa shape index (κ2) is 6.33. The SMILES string of the molecule is FC(F)(F)c1cccc(N2CCN(Cc3nnc4n3CCC4)CC2)c1. The number of halogens is 3. The molecule has 2 aromatic rings. The molecule has 5 nitrogen and oxygen atoms in total. The summed E-state index contributed by atoms with van der Waals surface area (Å²) in [7, 11) is 0. The molecule has 0 amide bonds. The maximum absolute atomic E-state index is 12.9. The molecule has 8 heteroatoms. The van der Waals surface area contributed by atoms with Gasteiger partial charge in [-0.05, 0) is 24.6 Å². The molecule has 0 radical (unpaired) electrons. The van der Waals surface area contributed by atoms with Crippen molar-refractivity contribution in [3.63, 3.8) is 0 Å². The van der Waals surface area contributed by atoms with Crippen molar-refractivity contribution in [2.75, 3.05) is 31.1 Å². The second-order valence-electron chi connectivity index (χ2n) is 6.60. The summed E-state index contributed by atoms with van der Waals surface area (Å²) in [5, 5.41) is 8.51. The van der Waals surface area contributed by atoms with Crippen molar-refractivity contribution in [1.29, 1.82) is 0 Å². The number of nitrogens with zero attached hydrogens (tertiary/aromatic N) is 5. The lowest BCUT2D eigenvalue weighted by Gasteiger charge is -2.36. The van der Waals surface area contributed by atoms with Gasteiger partial charge in [-0.25, -0.2) is 0 Å². The fourth-order valence-corrected chi connectivity index (χ4v) is 3.57. The highest BCUT2D eigenvalue weighted by Gasteiger charge is 2.31. The first kappa shape index (κ1) is 16.4. The summed E-state index contributed by atoms with van der Waals surface area (Å²) >= 11 is 0. The van der Waals surface area contributed by atoms with Crippen LogP contribution in [-0.2, 0) is 25.7 Å². The van der Waals surface area contributed by atoms with Gasteiger partial charge in [-0.3, -0.25) is 4.90 Å². The van der Waals surface area contributed by atoms with Gasteiger partial charge in [0.2, 0.25) is 0 Å². The van der Waals surface area contributed by atoms with Crippen LogP contribution in [0.25, 0.3) is 0 Å². The number of aryl methyl sites for hydroxylation is 1. The van der Waals surface area contributed by atoms with Crippen LogP contribution in [0.5, 0.6) is 0 Å². The van der Waals surface area contributed by atoms with Crippen molar-refractivity contribution in [1.82, 2.24) is 19.7 Å². The quantitative estimate of drug-likeness (QED) is 0.852. The Morgan fingerprint density at radius 1 is 1.00 bits per heavy atom. The summed E-state index contributed by atoms with van der Waals surface area (Å²) in [5.41, 5.74) is 0.0456.